The van der Waals surface area contributed by atoms with Crippen LogP contribution < -0.4 is 4.74 Å². The summed E-state index contributed by atoms with van der Waals surface area (Å²) in [5.41, 5.74) is 2.35. The summed E-state index contributed by atoms with van der Waals surface area (Å²) in [6, 6.07) is 15.6. The molecule has 152 valence electrons. The van der Waals surface area contributed by atoms with E-state index in [9.17, 15) is 8.78 Å². The van der Waals surface area contributed by atoms with E-state index in [-0.39, 0.29) is 5.75 Å². The zero-order chi connectivity index (χ0) is 19.9. The fraction of sp³-hybridized carbons (Fsp3) is 0.500. The van der Waals surface area contributed by atoms with Gasteiger partial charge in [0.2, 0.25) is 5.82 Å². The Morgan fingerprint density at radius 2 is 1.64 bits per heavy atom. The molecule has 0 bridgehead atoms. The first kappa shape index (κ1) is 21.0. The Balaban J connectivity index is 1.64. The van der Waals surface area contributed by atoms with Gasteiger partial charge in [-0.3, -0.25) is 0 Å². The predicted octanol–water partition coefficient (Wildman–Crippen LogP) is 7.33. The van der Waals surface area contributed by atoms with Crippen molar-refractivity contribution in [3.8, 4) is 16.9 Å². The van der Waals surface area contributed by atoms with E-state index >= 15 is 0 Å². The zero-order valence-corrected chi connectivity index (χ0v) is 18.3. The summed E-state index contributed by atoms with van der Waals surface area (Å²) < 4.78 is 33.7. The molecule has 1 heterocycles. The quantitative estimate of drug-likeness (QED) is 0.332. The number of rotatable bonds is 8. The van der Waals surface area contributed by atoms with Gasteiger partial charge in [0, 0.05) is 14.4 Å². The summed E-state index contributed by atoms with van der Waals surface area (Å²) in [5.74, 6) is -1.14. The summed E-state index contributed by atoms with van der Waals surface area (Å²) in [6.07, 6.45) is 6.73. The molecule has 3 rings (SSSR count). The van der Waals surface area contributed by atoms with Crippen LogP contribution in [0.1, 0.15) is 57.4 Å². The van der Waals surface area contributed by atoms with Crippen molar-refractivity contribution in [1.29, 1.82) is 0 Å². The van der Waals surface area contributed by atoms with Crippen molar-refractivity contribution < 1.29 is 13.5 Å². The Kier molecular flexibility index (Phi) is 7.66. The van der Waals surface area contributed by atoms with E-state index in [1.54, 1.807) is 13.0 Å². The summed E-state index contributed by atoms with van der Waals surface area (Å²) >= 11 is 0. The third kappa shape index (κ3) is 5.02. The van der Waals surface area contributed by atoms with Gasteiger partial charge in [-0.2, -0.15) is 4.39 Å². The summed E-state index contributed by atoms with van der Waals surface area (Å²) in [6.45, 7) is 4.34. The highest BCUT2D eigenvalue weighted by Gasteiger charge is 2.23. The molecule has 0 spiro atoms. The highest BCUT2D eigenvalue weighted by Crippen LogP contribution is 2.36. The van der Waals surface area contributed by atoms with Crippen molar-refractivity contribution in [2.75, 3.05) is 6.61 Å². The molecule has 1 nitrogen and oxygen atoms in total. The Labute approximate surface area is 169 Å². The molecule has 0 atom stereocenters. The highest BCUT2D eigenvalue weighted by atomic mass is 28.3. The molecular formula is C24H32F2OSi. The number of unbranched alkanes of at least 4 members (excludes halogenated alkanes) is 2. The normalized spacial score (nSPS) is 19.6. The van der Waals surface area contributed by atoms with Crippen molar-refractivity contribution >= 4 is 8.80 Å². The third-order valence-electron chi connectivity index (χ3n) is 6.10. The average molecular weight is 403 g/mol. The van der Waals surface area contributed by atoms with Crippen LogP contribution in [0.4, 0.5) is 8.78 Å². The maximum Gasteiger partial charge on any atom is 0.201 e. The molecule has 0 amide bonds. The molecule has 4 heteroatoms. The van der Waals surface area contributed by atoms with E-state index in [1.807, 2.05) is 12.1 Å². The van der Waals surface area contributed by atoms with Crippen LogP contribution in [-0.4, -0.2) is 15.4 Å². The number of hydrogen-bond donors (Lipinski definition) is 0. The van der Waals surface area contributed by atoms with Crippen LogP contribution in [-0.2, 0) is 0 Å². The smallest absolute Gasteiger partial charge is 0.201 e. The van der Waals surface area contributed by atoms with Crippen molar-refractivity contribution in [1.82, 2.24) is 0 Å². The van der Waals surface area contributed by atoms with Gasteiger partial charge in [0.05, 0.1) is 6.61 Å². The van der Waals surface area contributed by atoms with Crippen LogP contribution in [0.25, 0.3) is 11.1 Å². The van der Waals surface area contributed by atoms with Gasteiger partial charge in [0.25, 0.3) is 0 Å². The lowest BCUT2D eigenvalue weighted by atomic mass is 9.92. The first-order valence-electron chi connectivity index (χ1n) is 10.8. The van der Waals surface area contributed by atoms with Gasteiger partial charge < -0.3 is 4.74 Å². The molecule has 0 N–H and O–H groups in total. The van der Waals surface area contributed by atoms with Crippen LogP contribution in [0.15, 0.2) is 36.4 Å². The fourth-order valence-electron chi connectivity index (χ4n) is 4.42. The Morgan fingerprint density at radius 3 is 2.29 bits per heavy atom. The second-order valence-electron chi connectivity index (χ2n) is 8.01. The second-order valence-corrected chi connectivity index (χ2v) is 11.5. The van der Waals surface area contributed by atoms with E-state index in [1.165, 1.54) is 61.9 Å². The van der Waals surface area contributed by atoms with Crippen molar-refractivity contribution in [2.45, 2.75) is 70.0 Å². The molecule has 28 heavy (non-hydrogen) atoms. The van der Waals surface area contributed by atoms with Gasteiger partial charge in [0.1, 0.15) is 0 Å². The average Bonchev–Trinajstić information content (AvgIpc) is 2.73. The van der Waals surface area contributed by atoms with E-state index in [4.69, 9.17) is 4.74 Å². The second kappa shape index (κ2) is 10.2. The van der Waals surface area contributed by atoms with E-state index < -0.39 is 20.4 Å². The molecule has 0 aromatic heterocycles. The minimum atomic E-state index is -0.908. The topological polar surface area (TPSA) is 9.23 Å². The molecule has 0 unspecified atom stereocenters. The van der Waals surface area contributed by atoms with Crippen molar-refractivity contribution in [3.05, 3.63) is 53.6 Å². The Hall–Kier alpha value is -1.68. The predicted molar refractivity (Wildman–Crippen MR) is 116 cm³/mol. The Bertz CT molecular complexity index is 752. The molecular weight excluding hydrogens is 370 g/mol. The van der Waals surface area contributed by atoms with E-state index in [0.717, 1.165) is 0 Å². The van der Waals surface area contributed by atoms with Gasteiger partial charge in [-0.25, -0.2) is 4.39 Å². The van der Waals surface area contributed by atoms with Crippen molar-refractivity contribution in [2.24, 2.45) is 0 Å². The lowest BCUT2D eigenvalue weighted by molar-refractivity contribution is 0.314. The molecule has 1 saturated heterocycles. The highest BCUT2D eigenvalue weighted by molar-refractivity contribution is 6.59. The SMILES string of the molecule is CCCCC[SiH]1CCC(c2ccc(-c3ccc(OCC)c(F)c3F)cc2)CC1. The lowest BCUT2D eigenvalue weighted by Gasteiger charge is -2.28. The fourth-order valence-corrected chi connectivity index (χ4v) is 7.90. The summed E-state index contributed by atoms with van der Waals surface area (Å²) in [4.78, 5) is 0. The molecule has 0 saturated carbocycles. The minimum absolute atomic E-state index is 0.0276. The van der Waals surface area contributed by atoms with Gasteiger partial charge >= 0.3 is 0 Å². The lowest BCUT2D eigenvalue weighted by Crippen LogP contribution is -2.20. The third-order valence-corrected chi connectivity index (χ3v) is 9.63. The first-order chi connectivity index (χ1) is 13.6. The van der Waals surface area contributed by atoms with E-state index in [2.05, 4.69) is 19.1 Å². The van der Waals surface area contributed by atoms with Crippen molar-refractivity contribution in [3.63, 3.8) is 0 Å². The summed E-state index contributed by atoms with van der Waals surface area (Å²) in [7, 11) is -0.505. The molecule has 2 aromatic rings. The Morgan fingerprint density at radius 1 is 0.929 bits per heavy atom. The van der Waals surface area contributed by atoms with Gasteiger partial charge in [-0.05, 0) is 48.9 Å². The summed E-state index contributed by atoms with van der Waals surface area (Å²) in [5, 5.41) is 0. The van der Waals surface area contributed by atoms with Crippen LogP contribution in [0, 0.1) is 11.6 Å². The number of ether oxygens (including phenoxy) is 1. The maximum atomic E-state index is 14.4. The van der Waals surface area contributed by atoms with Crippen LogP contribution in [0.2, 0.25) is 18.1 Å². The first-order valence-corrected chi connectivity index (χ1v) is 13.3. The molecule has 0 radical (unpaired) electrons. The molecule has 2 aromatic carbocycles. The molecule has 1 aliphatic rings. The number of hydrogen-bond acceptors (Lipinski definition) is 1. The standard InChI is InChI=1S/C24H32F2OSi/c1-3-5-6-15-28-16-13-19(14-17-28)18-7-9-20(10-8-18)21-11-12-22(27-4-2)24(26)23(21)25/h7-12,19,28H,3-6,13-17H2,1-2H3. The number of halogens is 2. The van der Waals surface area contributed by atoms with Crippen LogP contribution >= 0.6 is 0 Å². The largest absolute Gasteiger partial charge is 0.491 e. The van der Waals surface area contributed by atoms with E-state index in [0.29, 0.717) is 23.7 Å². The molecule has 0 aliphatic carbocycles. The molecule has 1 fully saturated rings. The van der Waals surface area contributed by atoms with Crippen LogP contribution in [0.5, 0.6) is 5.75 Å². The number of benzene rings is 2. The minimum Gasteiger partial charge on any atom is -0.491 e. The maximum absolute atomic E-state index is 14.4. The molecule has 1 aliphatic heterocycles. The zero-order valence-electron chi connectivity index (χ0n) is 17.1. The van der Waals surface area contributed by atoms with Crippen LogP contribution in [0.3, 0.4) is 0 Å². The monoisotopic (exact) mass is 402 g/mol. The van der Waals surface area contributed by atoms with Gasteiger partial charge in [-0.1, -0.05) is 68.6 Å². The van der Waals surface area contributed by atoms with Gasteiger partial charge in [-0.15, -0.1) is 0 Å². The van der Waals surface area contributed by atoms with Gasteiger partial charge in [0.15, 0.2) is 11.6 Å².